The Morgan fingerprint density at radius 2 is 2.00 bits per heavy atom. The van der Waals surface area contributed by atoms with E-state index in [-0.39, 0.29) is 12.3 Å². The van der Waals surface area contributed by atoms with Crippen LogP contribution in [0.15, 0.2) is 47.6 Å². The van der Waals surface area contributed by atoms with Gasteiger partial charge in [0.1, 0.15) is 5.75 Å². The van der Waals surface area contributed by atoms with Crippen molar-refractivity contribution in [1.82, 2.24) is 5.43 Å². The zero-order valence-electron chi connectivity index (χ0n) is 13.0. The molecule has 2 rings (SSSR count). The van der Waals surface area contributed by atoms with Crippen molar-refractivity contribution in [2.45, 2.75) is 6.92 Å². The SMILES string of the molecule is C/C(=N\NC(=O)COc1ccc(Cl)cc1I)c1ccc([N+](=O)[O-])cc1. The number of benzene rings is 2. The van der Waals surface area contributed by atoms with Crippen LogP contribution in [0.25, 0.3) is 0 Å². The molecule has 0 atom stereocenters. The molecule has 1 N–H and O–H groups in total. The van der Waals surface area contributed by atoms with Crippen LogP contribution < -0.4 is 10.2 Å². The van der Waals surface area contributed by atoms with E-state index in [2.05, 4.69) is 33.1 Å². The Morgan fingerprint density at radius 3 is 2.60 bits per heavy atom. The number of nitro benzene ring substituents is 1. The molecule has 7 nitrogen and oxygen atoms in total. The number of non-ortho nitro benzene ring substituents is 1. The maximum Gasteiger partial charge on any atom is 0.277 e. The molecule has 25 heavy (non-hydrogen) atoms. The van der Waals surface area contributed by atoms with E-state index in [0.29, 0.717) is 22.0 Å². The van der Waals surface area contributed by atoms with Crippen LogP contribution in [0, 0.1) is 13.7 Å². The maximum atomic E-state index is 11.8. The molecule has 0 fully saturated rings. The van der Waals surface area contributed by atoms with Crippen LogP contribution in [0.3, 0.4) is 0 Å². The number of ether oxygens (including phenoxy) is 1. The number of carbonyl (C=O) groups excluding carboxylic acids is 1. The van der Waals surface area contributed by atoms with Gasteiger partial charge >= 0.3 is 0 Å². The molecule has 0 bridgehead atoms. The number of hydrazone groups is 1. The first-order chi connectivity index (χ1) is 11.9. The third-order valence-electron chi connectivity index (χ3n) is 3.10. The molecule has 0 aliphatic heterocycles. The van der Waals surface area contributed by atoms with Crippen LogP contribution in [0.4, 0.5) is 5.69 Å². The van der Waals surface area contributed by atoms with E-state index in [1.165, 1.54) is 12.1 Å². The minimum absolute atomic E-state index is 0.00782. The summed E-state index contributed by atoms with van der Waals surface area (Å²) in [5.74, 6) is 0.128. The molecule has 0 aliphatic carbocycles. The van der Waals surface area contributed by atoms with Gasteiger partial charge in [-0.3, -0.25) is 14.9 Å². The van der Waals surface area contributed by atoms with E-state index in [1.807, 2.05) is 0 Å². The molecule has 0 unspecified atom stereocenters. The Kier molecular flexibility index (Phi) is 6.71. The van der Waals surface area contributed by atoms with E-state index in [1.54, 1.807) is 37.3 Å². The zero-order valence-corrected chi connectivity index (χ0v) is 15.9. The van der Waals surface area contributed by atoms with Gasteiger partial charge in [-0.2, -0.15) is 5.10 Å². The summed E-state index contributed by atoms with van der Waals surface area (Å²) in [4.78, 5) is 22.0. The topological polar surface area (TPSA) is 93.8 Å². The van der Waals surface area contributed by atoms with Gasteiger partial charge in [0.25, 0.3) is 11.6 Å². The fourth-order valence-corrected chi connectivity index (χ4v) is 2.83. The van der Waals surface area contributed by atoms with Crippen LogP contribution in [-0.4, -0.2) is 23.1 Å². The highest BCUT2D eigenvalue weighted by Gasteiger charge is 2.08. The van der Waals surface area contributed by atoms with Crippen LogP contribution in [0.1, 0.15) is 12.5 Å². The Bertz CT molecular complexity index is 825. The predicted octanol–water partition coefficient (Wildman–Crippen LogP) is 3.77. The Balaban J connectivity index is 1.91. The number of nitrogens with one attached hydrogen (secondary N) is 1. The van der Waals surface area contributed by atoms with Crippen molar-refractivity contribution in [3.05, 3.63) is 66.7 Å². The van der Waals surface area contributed by atoms with Gasteiger partial charge in [0.05, 0.1) is 14.2 Å². The standard InChI is InChI=1S/C16H13ClIN3O4/c1-10(11-2-5-13(6-3-11)21(23)24)19-20-16(22)9-25-15-7-4-12(17)8-14(15)18/h2-8H,9H2,1H3,(H,20,22)/b19-10+. The largest absolute Gasteiger partial charge is 0.483 e. The van der Waals surface area contributed by atoms with Crippen LogP contribution in [0.2, 0.25) is 5.02 Å². The molecule has 0 spiro atoms. The monoisotopic (exact) mass is 473 g/mol. The predicted molar refractivity (Wildman–Crippen MR) is 103 cm³/mol. The lowest BCUT2D eigenvalue weighted by atomic mass is 10.1. The fraction of sp³-hybridized carbons (Fsp3) is 0.125. The van der Waals surface area contributed by atoms with Gasteiger partial charge in [0, 0.05) is 17.2 Å². The van der Waals surface area contributed by atoms with Gasteiger partial charge in [-0.15, -0.1) is 0 Å². The van der Waals surface area contributed by atoms with Crippen molar-refractivity contribution in [3.63, 3.8) is 0 Å². The molecule has 1 amide bonds. The Morgan fingerprint density at radius 1 is 1.32 bits per heavy atom. The maximum absolute atomic E-state index is 11.8. The number of hydrogen-bond acceptors (Lipinski definition) is 5. The van der Waals surface area contributed by atoms with E-state index < -0.39 is 10.8 Å². The van der Waals surface area contributed by atoms with Crippen LogP contribution in [-0.2, 0) is 4.79 Å². The number of halogens is 2. The Labute approximate surface area is 162 Å². The fourth-order valence-electron chi connectivity index (χ4n) is 1.80. The van der Waals surface area contributed by atoms with Gasteiger partial charge in [0.15, 0.2) is 6.61 Å². The van der Waals surface area contributed by atoms with Gasteiger partial charge in [0.2, 0.25) is 0 Å². The van der Waals surface area contributed by atoms with Gasteiger partial charge < -0.3 is 4.74 Å². The number of amides is 1. The molecule has 130 valence electrons. The lowest BCUT2D eigenvalue weighted by molar-refractivity contribution is -0.384. The second-order valence-corrected chi connectivity index (χ2v) is 6.50. The molecule has 0 aromatic heterocycles. The summed E-state index contributed by atoms with van der Waals surface area (Å²) >= 11 is 7.92. The average molecular weight is 474 g/mol. The minimum atomic E-state index is -0.479. The highest BCUT2D eigenvalue weighted by Crippen LogP contribution is 2.24. The van der Waals surface area contributed by atoms with Gasteiger partial charge in [-0.25, -0.2) is 5.43 Å². The second kappa shape index (κ2) is 8.77. The molecule has 0 saturated carbocycles. The summed E-state index contributed by atoms with van der Waals surface area (Å²) in [5, 5.41) is 15.2. The smallest absolute Gasteiger partial charge is 0.277 e. The van der Waals surface area contributed by atoms with E-state index in [0.717, 1.165) is 3.57 Å². The lowest BCUT2D eigenvalue weighted by Gasteiger charge is -2.08. The summed E-state index contributed by atoms with van der Waals surface area (Å²) < 4.78 is 6.21. The second-order valence-electron chi connectivity index (χ2n) is 4.90. The third kappa shape index (κ3) is 5.68. The first-order valence-electron chi connectivity index (χ1n) is 7.02. The quantitative estimate of drug-likeness (QED) is 0.299. The number of carbonyl (C=O) groups is 1. The van der Waals surface area contributed by atoms with Crippen molar-refractivity contribution in [1.29, 1.82) is 0 Å². The van der Waals surface area contributed by atoms with Crippen molar-refractivity contribution in [3.8, 4) is 5.75 Å². The molecule has 0 radical (unpaired) electrons. The molecule has 2 aromatic carbocycles. The number of hydrogen-bond donors (Lipinski definition) is 1. The molecule has 0 heterocycles. The molecular weight excluding hydrogens is 461 g/mol. The summed E-state index contributed by atoms with van der Waals surface area (Å²) in [6, 6.07) is 11.0. The van der Waals surface area contributed by atoms with Crippen molar-refractivity contribution >= 4 is 51.5 Å². The van der Waals surface area contributed by atoms with E-state index in [4.69, 9.17) is 16.3 Å². The van der Waals surface area contributed by atoms with Crippen LogP contribution in [0.5, 0.6) is 5.75 Å². The molecule has 0 saturated heterocycles. The number of rotatable bonds is 6. The summed E-state index contributed by atoms with van der Waals surface area (Å²) in [7, 11) is 0. The lowest BCUT2D eigenvalue weighted by Crippen LogP contribution is -2.25. The molecule has 2 aromatic rings. The van der Waals surface area contributed by atoms with Crippen molar-refractivity contribution in [2.24, 2.45) is 5.10 Å². The first-order valence-corrected chi connectivity index (χ1v) is 8.48. The van der Waals surface area contributed by atoms with E-state index >= 15 is 0 Å². The summed E-state index contributed by atoms with van der Waals surface area (Å²) in [5.41, 5.74) is 3.56. The number of nitrogens with zero attached hydrogens (tertiary/aromatic N) is 2. The molecular formula is C16H13ClIN3O4. The normalized spacial score (nSPS) is 11.1. The molecule has 0 aliphatic rings. The van der Waals surface area contributed by atoms with Gasteiger partial charge in [-0.05, 0) is 65.4 Å². The summed E-state index contributed by atoms with van der Waals surface area (Å²) in [6.45, 7) is 1.49. The highest BCUT2D eigenvalue weighted by atomic mass is 127. The minimum Gasteiger partial charge on any atom is -0.483 e. The molecule has 9 heteroatoms. The third-order valence-corrected chi connectivity index (χ3v) is 4.18. The van der Waals surface area contributed by atoms with E-state index in [9.17, 15) is 14.9 Å². The van der Waals surface area contributed by atoms with Crippen molar-refractivity contribution < 1.29 is 14.5 Å². The summed E-state index contributed by atoms with van der Waals surface area (Å²) in [6.07, 6.45) is 0. The van der Waals surface area contributed by atoms with Crippen molar-refractivity contribution in [2.75, 3.05) is 6.61 Å². The Hall–Kier alpha value is -2.20. The zero-order chi connectivity index (χ0) is 18.4. The highest BCUT2D eigenvalue weighted by molar-refractivity contribution is 14.1. The van der Waals surface area contributed by atoms with Crippen LogP contribution >= 0.6 is 34.2 Å². The average Bonchev–Trinajstić information content (AvgIpc) is 2.59. The number of nitro groups is 1. The first kappa shape index (κ1) is 19.1. The van der Waals surface area contributed by atoms with Gasteiger partial charge in [-0.1, -0.05) is 11.6 Å².